The number of thioether (sulfide) groups is 1. The van der Waals surface area contributed by atoms with Gasteiger partial charge in [0.15, 0.2) is 0 Å². The van der Waals surface area contributed by atoms with Gasteiger partial charge in [0.1, 0.15) is 0 Å². The summed E-state index contributed by atoms with van der Waals surface area (Å²) in [5, 5.41) is 0. The summed E-state index contributed by atoms with van der Waals surface area (Å²) >= 11 is 1.73. The molecule has 0 amide bonds. The van der Waals surface area contributed by atoms with E-state index in [1.54, 1.807) is 18.7 Å². The molecule has 0 radical (unpaired) electrons. The Bertz CT molecular complexity index is 384. The van der Waals surface area contributed by atoms with Crippen molar-refractivity contribution in [2.45, 2.75) is 19.8 Å². The van der Waals surface area contributed by atoms with Crippen LogP contribution in [0.5, 0.6) is 0 Å². The zero-order valence-electron chi connectivity index (χ0n) is 10.6. The van der Waals surface area contributed by atoms with Gasteiger partial charge in [-0.05, 0) is 36.7 Å². The van der Waals surface area contributed by atoms with Crippen molar-refractivity contribution in [3.05, 3.63) is 22.3 Å². The predicted octanol–water partition coefficient (Wildman–Crippen LogP) is 1.82. The van der Waals surface area contributed by atoms with E-state index in [2.05, 4.69) is 0 Å². The van der Waals surface area contributed by atoms with Crippen LogP contribution in [0.3, 0.4) is 0 Å². The molecule has 2 heterocycles. The summed E-state index contributed by atoms with van der Waals surface area (Å²) in [4.78, 5) is 13.0. The lowest BCUT2D eigenvalue weighted by Gasteiger charge is -2.26. The third-order valence-electron chi connectivity index (χ3n) is 3.15. The Kier molecular flexibility index (Phi) is 4.72. The molecule has 0 aromatic rings. The van der Waals surface area contributed by atoms with Gasteiger partial charge in [0.25, 0.3) is 0 Å². The molecule has 2 aliphatic rings. The van der Waals surface area contributed by atoms with Crippen LogP contribution in [0, 0.1) is 5.92 Å². The zero-order chi connectivity index (χ0) is 13.0. The zero-order valence-corrected chi connectivity index (χ0v) is 11.4. The largest absolute Gasteiger partial charge is 0.462 e. The Labute approximate surface area is 112 Å². The van der Waals surface area contributed by atoms with Gasteiger partial charge in [-0.15, -0.1) is 11.8 Å². The van der Waals surface area contributed by atoms with Gasteiger partial charge >= 0.3 is 5.97 Å². The lowest BCUT2D eigenvalue weighted by Crippen LogP contribution is -2.21. The predicted molar refractivity (Wildman–Crippen MR) is 71.9 cm³/mol. The van der Waals surface area contributed by atoms with Crippen LogP contribution in [-0.4, -0.2) is 31.5 Å². The third-order valence-corrected chi connectivity index (χ3v) is 4.39. The average molecular weight is 269 g/mol. The maximum atomic E-state index is 11.8. The van der Waals surface area contributed by atoms with Gasteiger partial charge in [-0.2, -0.15) is 0 Å². The van der Waals surface area contributed by atoms with E-state index in [4.69, 9.17) is 15.2 Å². The Morgan fingerprint density at radius 2 is 2.28 bits per heavy atom. The Morgan fingerprint density at radius 3 is 2.94 bits per heavy atom. The van der Waals surface area contributed by atoms with Crippen LogP contribution in [0.15, 0.2) is 22.3 Å². The standard InChI is InChI=1S/C13H19NO3S/c1-2-17-13(15)10-7-12(18-8-11(10)14)9-3-5-16-6-4-9/h7,9H,2-6,8,14H2,1H3. The first-order valence-corrected chi connectivity index (χ1v) is 7.28. The Morgan fingerprint density at radius 1 is 1.56 bits per heavy atom. The van der Waals surface area contributed by atoms with Gasteiger partial charge in [-0.3, -0.25) is 0 Å². The number of hydrogen-bond donors (Lipinski definition) is 1. The van der Waals surface area contributed by atoms with Crippen LogP contribution < -0.4 is 5.73 Å². The maximum Gasteiger partial charge on any atom is 0.339 e. The minimum atomic E-state index is -0.306. The van der Waals surface area contributed by atoms with Crippen LogP contribution in [0.1, 0.15) is 19.8 Å². The number of esters is 1. The van der Waals surface area contributed by atoms with Gasteiger partial charge in [0.2, 0.25) is 0 Å². The van der Waals surface area contributed by atoms with Gasteiger partial charge in [-0.25, -0.2) is 4.79 Å². The molecule has 0 saturated carbocycles. The molecule has 2 rings (SSSR count). The van der Waals surface area contributed by atoms with Crippen LogP contribution in [0.25, 0.3) is 0 Å². The lowest BCUT2D eigenvalue weighted by molar-refractivity contribution is -0.138. The molecule has 0 spiro atoms. The van der Waals surface area contributed by atoms with Crippen molar-refractivity contribution in [1.29, 1.82) is 0 Å². The van der Waals surface area contributed by atoms with Crippen LogP contribution in [-0.2, 0) is 14.3 Å². The second kappa shape index (κ2) is 6.29. The SMILES string of the molecule is CCOC(=O)C1=C(N)CSC(C2CCOCC2)=C1. The fraction of sp³-hybridized carbons (Fsp3) is 0.615. The molecule has 2 N–H and O–H groups in total. The van der Waals surface area contributed by atoms with Crippen LogP contribution in [0.4, 0.5) is 0 Å². The normalized spacial score (nSPS) is 21.7. The number of carbonyl (C=O) groups excluding carboxylic acids is 1. The first kappa shape index (κ1) is 13.5. The van der Waals surface area contributed by atoms with Gasteiger partial charge in [-0.1, -0.05) is 0 Å². The third kappa shape index (κ3) is 3.09. The van der Waals surface area contributed by atoms with Crippen molar-refractivity contribution < 1.29 is 14.3 Å². The van der Waals surface area contributed by atoms with Gasteiger partial charge in [0.05, 0.1) is 12.2 Å². The van der Waals surface area contributed by atoms with Crippen molar-refractivity contribution in [2.75, 3.05) is 25.6 Å². The van der Waals surface area contributed by atoms with Gasteiger partial charge < -0.3 is 15.2 Å². The first-order valence-electron chi connectivity index (χ1n) is 6.30. The summed E-state index contributed by atoms with van der Waals surface area (Å²) in [5.41, 5.74) is 7.05. The van der Waals surface area contributed by atoms with E-state index in [9.17, 15) is 4.79 Å². The van der Waals surface area contributed by atoms with Crippen molar-refractivity contribution in [1.82, 2.24) is 0 Å². The molecule has 0 aromatic carbocycles. The van der Waals surface area contributed by atoms with E-state index < -0.39 is 0 Å². The number of rotatable bonds is 3. The summed E-state index contributed by atoms with van der Waals surface area (Å²) in [7, 11) is 0. The van der Waals surface area contributed by atoms with Crippen molar-refractivity contribution >= 4 is 17.7 Å². The summed E-state index contributed by atoms with van der Waals surface area (Å²) < 4.78 is 10.4. The highest BCUT2D eigenvalue weighted by atomic mass is 32.2. The molecule has 0 unspecified atom stereocenters. The van der Waals surface area contributed by atoms with Crippen LogP contribution >= 0.6 is 11.8 Å². The van der Waals surface area contributed by atoms with E-state index in [0.29, 0.717) is 29.5 Å². The van der Waals surface area contributed by atoms with Crippen LogP contribution in [0.2, 0.25) is 0 Å². The van der Waals surface area contributed by atoms with E-state index >= 15 is 0 Å². The van der Waals surface area contributed by atoms with Crippen molar-refractivity contribution in [2.24, 2.45) is 11.7 Å². The molecule has 5 heteroatoms. The number of ether oxygens (including phenoxy) is 2. The fourth-order valence-corrected chi connectivity index (χ4v) is 3.28. The second-order valence-corrected chi connectivity index (χ2v) is 5.43. The van der Waals surface area contributed by atoms with Gasteiger partial charge in [0, 0.05) is 24.7 Å². The number of allylic oxidation sites excluding steroid dienone is 1. The molecule has 0 bridgehead atoms. The molecule has 2 aliphatic heterocycles. The van der Waals surface area contributed by atoms with E-state index in [1.165, 1.54) is 4.91 Å². The molecule has 18 heavy (non-hydrogen) atoms. The Balaban J connectivity index is 2.13. The smallest absolute Gasteiger partial charge is 0.339 e. The molecular weight excluding hydrogens is 250 g/mol. The quantitative estimate of drug-likeness (QED) is 0.792. The minimum Gasteiger partial charge on any atom is -0.462 e. The first-order chi connectivity index (χ1) is 8.72. The summed E-state index contributed by atoms with van der Waals surface area (Å²) in [6.45, 7) is 3.78. The monoisotopic (exact) mass is 269 g/mol. The van der Waals surface area contributed by atoms with Crippen molar-refractivity contribution in [3.8, 4) is 0 Å². The number of nitrogens with two attached hydrogens (primary N) is 1. The molecule has 1 fully saturated rings. The van der Waals surface area contributed by atoms with E-state index in [1.807, 2.05) is 6.08 Å². The number of carbonyl (C=O) groups is 1. The molecule has 0 atom stereocenters. The maximum absolute atomic E-state index is 11.8. The molecule has 0 aliphatic carbocycles. The van der Waals surface area contributed by atoms with Crippen molar-refractivity contribution in [3.63, 3.8) is 0 Å². The number of hydrogen-bond acceptors (Lipinski definition) is 5. The summed E-state index contributed by atoms with van der Waals surface area (Å²) in [6.07, 6.45) is 3.96. The fourth-order valence-electron chi connectivity index (χ4n) is 2.13. The van der Waals surface area contributed by atoms with E-state index in [-0.39, 0.29) is 5.97 Å². The molecule has 4 nitrogen and oxygen atoms in total. The topological polar surface area (TPSA) is 61.5 Å². The lowest BCUT2D eigenvalue weighted by atomic mass is 9.98. The summed E-state index contributed by atoms with van der Waals surface area (Å²) in [6, 6.07) is 0. The highest BCUT2D eigenvalue weighted by molar-refractivity contribution is 8.03. The Hall–Kier alpha value is -0.940. The average Bonchev–Trinajstić information content (AvgIpc) is 2.40. The second-order valence-electron chi connectivity index (χ2n) is 4.38. The highest BCUT2D eigenvalue weighted by Crippen LogP contribution is 2.36. The summed E-state index contributed by atoms with van der Waals surface area (Å²) in [5.74, 6) is 0.873. The molecule has 100 valence electrons. The highest BCUT2D eigenvalue weighted by Gasteiger charge is 2.25. The minimum absolute atomic E-state index is 0.306. The molecular formula is C13H19NO3S. The molecule has 0 aromatic heterocycles. The molecule has 1 saturated heterocycles. The van der Waals surface area contributed by atoms with E-state index in [0.717, 1.165) is 26.1 Å².